The predicted molar refractivity (Wildman–Crippen MR) is 84.9 cm³/mol. The van der Waals surface area contributed by atoms with Gasteiger partial charge in [-0.3, -0.25) is 4.79 Å². The fourth-order valence-corrected chi connectivity index (χ4v) is 3.16. The number of carbonyl (C=O) groups excluding carboxylic acids is 1. The van der Waals surface area contributed by atoms with Gasteiger partial charge in [0.25, 0.3) is 0 Å². The largest absolute Gasteiger partial charge is 0.399 e. The van der Waals surface area contributed by atoms with Crippen LogP contribution in [0.5, 0.6) is 0 Å². The first-order valence-corrected chi connectivity index (χ1v) is 7.87. The smallest absolute Gasteiger partial charge is 0.223 e. The van der Waals surface area contributed by atoms with E-state index >= 15 is 0 Å². The van der Waals surface area contributed by atoms with Crippen molar-refractivity contribution in [3.63, 3.8) is 0 Å². The molecule has 1 atom stereocenters. The Bertz CT molecular complexity index is 452. The molecule has 1 unspecified atom stereocenters. The summed E-state index contributed by atoms with van der Waals surface area (Å²) < 4.78 is 0. The van der Waals surface area contributed by atoms with Crippen LogP contribution in [-0.2, 0) is 4.79 Å². The maximum Gasteiger partial charge on any atom is 0.223 e. The van der Waals surface area contributed by atoms with Gasteiger partial charge in [-0.05, 0) is 36.5 Å². The Balaban J connectivity index is 1.98. The van der Waals surface area contributed by atoms with Crippen molar-refractivity contribution in [3.8, 4) is 0 Å². The Morgan fingerprint density at radius 2 is 1.95 bits per heavy atom. The van der Waals surface area contributed by atoms with E-state index in [0.29, 0.717) is 19.0 Å². The number of benzene rings is 1. The summed E-state index contributed by atoms with van der Waals surface area (Å²) in [4.78, 5) is 14.5. The summed E-state index contributed by atoms with van der Waals surface area (Å²) in [5.74, 6) is 0.320. The lowest BCUT2D eigenvalue weighted by atomic mass is 9.96. The Morgan fingerprint density at radius 1 is 1.33 bits per heavy atom. The number of nitrogens with two attached hydrogens (primary N) is 1. The lowest BCUT2D eigenvalue weighted by molar-refractivity contribution is -0.134. The molecule has 1 aromatic carbocycles. The van der Waals surface area contributed by atoms with Crippen molar-refractivity contribution >= 4 is 11.6 Å². The van der Waals surface area contributed by atoms with Crippen molar-refractivity contribution in [2.45, 2.75) is 51.0 Å². The molecule has 4 nitrogen and oxygen atoms in total. The number of aliphatic hydroxyl groups is 1. The van der Waals surface area contributed by atoms with Crippen molar-refractivity contribution in [2.75, 3.05) is 18.9 Å². The zero-order valence-electron chi connectivity index (χ0n) is 12.8. The van der Waals surface area contributed by atoms with Crippen molar-refractivity contribution in [3.05, 3.63) is 29.8 Å². The average molecular weight is 290 g/mol. The lowest BCUT2D eigenvalue weighted by Crippen LogP contribution is -2.41. The molecule has 1 aliphatic carbocycles. The monoisotopic (exact) mass is 290 g/mol. The molecule has 0 radical (unpaired) electrons. The SMILES string of the molecule is CC(CC(=O)N(CCO)C1CCCC1)c1ccc(N)cc1. The zero-order chi connectivity index (χ0) is 15.2. The fourth-order valence-electron chi connectivity index (χ4n) is 3.16. The third-order valence-corrected chi connectivity index (χ3v) is 4.41. The van der Waals surface area contributed by atoms with Crippen LogP contribution in [0.15, 0.2) is 24.3 Å². The number of amides is 1. The van der Waals surface area contributed by atoms with Gasteiger partial charge in [-0.1, -0.05) is 31.9 Å². The third-order valence-electron chi connectivity index (χ3n) is 4.41. The summed E-state index contributed by atoms with van der Waals surface area (Å²) in [5, 5.41) is 9.22. The van der Waals surface area contributed by atoms with E-state index in [1.807, 2.05) is 29.2 Å². The molecule has 1 fully saturated rings. The molecule has 2 rings (SSSR count). The highest BCUT2D eigenvalue weighted by atomic mass is 16.3. The first kappa shape index (κ1) is 15.8. The quantitative estimate of drug-likeness (QED) is 0.791. The molecule has 0 spiro atoms. The maximum atomic E-state index is 12.6. The molecule has 0 heterocycles. The number of nitrogens with zero attached hydrogens (tertiary/aromatic N) is 1. The minimum atomic E-state index is 0.0402. The summed E-state index contributed by atoms with van der Waals surface area (Å²) in [6.45, 7) is 2.56. The number of anilines is 1. The minimum absolute atomic E-state index is 0.0402. The molecule has 0 aromatic heterocycles. The van der Waals surface area contributed by atoms with E-state index in [4.69, 9.17) is 5.73 Å². The van der Waals surface area contributed by atoms with Crippen LogP contribution < -0.4 is 5.73 Å². The van der Waals surface area contributed by atoms with E-state index < -0.39 is 0 Å². The van der Waals surface area contributed by atoms with Crippen LogP contribution in [-0.4, -0.2) is 35.1 Å². The van der Waals surface area contributed by atoms with Crippen LogP contribution >= 0.6 is 0 Å². The van der Waals surface area contributed by atoms with Gasteiger partial charge in [-0.15, -0.1) is 0 Å². The predicted octanol–water partition coefficient (Wildman–Crippen LogP) is 2.53. The van der Waals surface area contributed by atoms with Crippen molar-refractivity contribution in [2.24, 2.45) is 0 Å². The van der Waals surface area contributed by atoms with Crippen molar-refractivity contribution in [1.29, 1.82) is 0 Å². The molecule has 1 amide bonds. The maximum absolute atomic E-state index is 12.6. The van der Waals surface area contributed by atoms with Gasteiger partial charge in [-0.2, -0.15) is 0 Å². The van der Waals surface area contributed by atoms with Crippen LogP contribution in [0, 0.1) is 0 Å². The molecule has 21 heavy (non-hydrogen) atoms. The van der Waals surface area contributed by atoms with E-state index in [0.717, 1.165) is 24.1 Å². The van der Waals surface area contributed by atoms with Crippen LogP contribution in [0.3, 0.4) is 0 Å². The lowest BCUT2D eigenvalue weighted by Gasteiger charge is -2.29. The second-order valence-corrected chi connectivity index (χ2v) is 6.02. The number of rotatable bonds is 6. The van der Waals surface area contributed by atoms with E-state index in [-0.39, 0.29) is 18.4 Å². The van der Waals surface area contributed by atoms with Crippen molar-refractivity contribution in [1.82, 2.24) is 4.90 Å². The second-order valence-electron chi connectivity index (χ2n) is 6.02. The normalized spacial score (nSPS) is 16.9. The molecule has 3 N–H and O–H groups in total. The molecule has 0 aliphatic heterocycles. The molecule has 1 aliphatic rings. The average Bonchev–Trinajstić information content (AvgIpc) is 2.99. The number of hydrogen-bond acceptors (Lipinski definition) is 3. The Labute approximate surface area is 126 Å². The molecule has 0 bridgehead atoms. The van der Waals surface area contributed by atoms with Gasteiger partial charge in [0.1, 0.15) is 0 Å². The van der Waals surface area contributed by atoms with Crippen LogP contribution in [0.4, 0.5) is 5.69 Å². The first-order valence-electron chi connectivity index (χ1n) is 7.87. The number of hydrogen-bond donors (Lipinski definition) is 2. The van der Waals surface area contributed by atoms with Gasteiger partial charge < -0.3 is 15.7 Å². The van der Waals surface area contributed by atoms with Gasteiger partial charge in [0.2, 0.25) is 5.91 Å². The van der Waals surface area contributed by atoms with Gasteiger partial charge in [0.15, 0.2) is 0 Å². The molecular weight excluding hydrogens is 264 g/mol. The number of carbonyl (C=O) groups is 1. The van der Waals surface area contributed by atoms with Gasteiger partial charge in [-0.25, -0.2) is 0 Å². The molecule has 1 aromatic rings. The van der Waals surface area contributed by atoms with E-state index in [2.05, 4.69) is 6.92 Å². The molecule has 4 heteroatoms. The van der Waals surface area contributed by atoms with E-state index in [1.54, 1.807) is 0 Å². The molecule has 116 valence electrons. The number of nitrogen functional groups attached to an aromatic ring is 1. The molecule has 1 saturated carbocycles. The first-order chi connectivity index (χ1) is 10.1. The summed E-state index contributed by atoms with van der Waals surface area (Å²) in [5.41, 5.74) is 7.57. The Morgan fingerprint density at radius 3 is 2.52 bits per heavy atom. The molecular formula is C17H26N2O2. The van der Waals surface area contributed by atoms with Crippen LogP contribution in [0.1, 0.15) is 50.5 Å². The van der Waals surface area contributed by atoms with E-state index in [9.17, 15) is 9.90 Å². The summed E-state index contributed by atoms with van der Waals surface area (Å²) >= 11 is 0. The Hall–Kier alpha value is -1.55. The second kappa shape index (κ2) is 7.46. The highest BCUT2D eigenvalue weighted by molar-refractivity contribution is 5.77. The van der Waals surface area contributed by atoms with Crippen molar-refractivity contribution < 1.29 is 9.90 Å². The number of aliphatic hydroxyl groups excluding tert-OH is 1. The summed E-state index contributed by atoms with van der Waals surface area (Å²) in [6.07, 6.45) is 5.01. The van der Waals surface area contributed by atoms with Gasteiger partial charge in [0, 0.05) is 24.7 Å². The topological polar surface area (TPSA) is 66.6 Å². The fraction of sp³-hybridized carbons (Fsp3) is 0.588. The van der Waals surface area contributed by atoms with Crippen LogP contribution in [0.2, 0.25) is 0 Å². The van der Waals surface area contributed by atoms with Crippen LogP contribution in [0.25, 0.3) is 0 Å². The minimum Gasteiger partial charge on any atom is -0.399 e. The standard InChI is InChI=1S/C17H26N2O2/c1-13(14-6-8-15(18)9-7-14)12-17(21)19(10-11-20)16-4-2-3-5-16/h6-9,13,16,20H,2-5,10-12,18H2,1H3. The third kappa shape index (κ3) is 4.21. The van der Waals surface area contributed by atoms with Gasteiger partial charge >= 0.3 is 0 Å². The Kier molecular flexibility index (Phi) is 5.62. The van der Waals surface area contributed by atoms with E-state index in [1.165, 1.54) is 12.8 Å². The highest BCUT2D eigenvalue weighted by Gasteiger charge is 2.27. The highest BCUT2D eigenvalue weighted by Crippen LogP contribution is 2.26. The van der Waals surface area contributed by atoms with Gasteiger partial charge in [0.05, 0.1) is 6.61 Å². The molecule has 0 saturated heterocycles. The summed E-state index contributed by atoms with van der Waals surface area (Å²) in [7, 11) is 0. The zero-order valence-corrected chi connectivity index (χ0v) is 12.8. The summed E-state index contributed by atoms with van der Waals surface area (Å²) in [6, 6.07) is 8.04.